The summed E-state index contributed by atoms with van der Waals surface area (Å²) in [6.07, 6.45) is 8.65. The van der Waals surface area contributed by atoms with E-state index in [-0.39, 0.29) is 0 Å². The second kappa shape index (κ2) is 4.58. The van der Waals surface area contributed by atoms with E-state index in [1.54, 1.807) is 0 Å². The minimum atomic E-state index is -0.509. The topological polar surface area (TPSA) is 38.0 Å². The first kappa shape index (κ1) is 11.6. The van der Waals surface area contributed by atoms with Crippen molar-refractivity contribution in [2.24, 2.45) is 5.92 Å². The van der Waals surface area contributed by atoms with Crippen molar-refractivity contribution in [2.75, 3.05) is 0 Å². The number of aryl methyl sites for hydroxylation is 1. The molecule has 0 saturated heterocycles. The lowest BCUT2D eigenvalue weighted by Crippen LogP contribution is -2.36. The van der Waals surface area contributed by atoms with Crippen LogP contribution < -0.4 is 0 Å². The van der Waals surface area contributed by atoms with Gasteiger partial charge in [0.2, 0.25) is 0 Å². The first-order valence-electron chi connectivity index (χ1n) is 6.35. The van der Waals surface area contributed by atoms with E-state index < -0.39 is 5.60 Å². The Morgan fingerprint density at radius 3 is 2.81 bits per heavy atom. The molecule has 1 saturated carbocycles. The van der Waals surface area contributed by atoms with Gasteiger partial charge in [-0.3, -0.25) is 0 Å². The van der Waals surface area contributed by atoms with Crippen molar-refractivity contribution >= 4 is 0 Å². The van der Waals surface area contributed by atoms with Gasteiger partial charge in [-0.1, -0.05) is 6.92 Å². The van der Waals surface area contributed by atoms with Crippen LogP contribution in [0.1, 0.15) is 45.4 Å². The van der Waals surface area contributed by atoms with Crippen LogP contribution in [0.3, 0.4) is 0 Å². The smallest absolute Gasteiger partial charge is 0.111 e. The van der Waals surface area contributed by atoms with Crippen LogP contribution in [0, 0.1) is 5.92 Å². The fraction of sp³-hybridized carbons (Fsp3) is 0.769. The average molecular weight is 222 g/mol. The summed E-state index contributed by atoms with van der Waals surface area (Å²) in [5.41, 5.74) is -0.509. The molecule has 1 fully saturated rings. The van der Waals surface area contributed by atoms with Gasteiger partial charge in [0.05, 0.1) is 5.60 Å². The Morgan fingerprint density at radius 1 is 1.50 bits per heavy atom. The summed E-state index contributed by atoms with van der Waals surface area (Å²) in [6.45, 7) is 5.31. The summed E-state index contributed by atoms with van der Waals surface area (Å²) >= 11 is 0. The van der Waals surface area contributed by atoms with Gasteiger partial charge in [-0.05, 0) is 38.5 Å². The molecule has 0 bridgehead atoms. The van der Waals surface area contributed by atoms with E-state index >= 15 is 0 Å². The number of rotatable bonds is 3. The minimum Gasteiger partial charge on any atom is -0.389 e. The van der Waals surface area contributed by atoms with E-state index in [0.717, 1.165) is 44.0 Å². The van der Waals surface area contributed by atoms with Gasteiger partial charge in [0, 0.05) is 25.4 Å². The normalized spacial score (nSPS) is 30.6. The van der Waals surface area contributed by atoms with Crippen LogP contribution in [0.15, 0.2) is 12.4 Å². The molecule has 1 aromatic heterocycles. The number of aliphatic hydroxyl groups is 1. The third kappa shape index (κ3) is 2.46. The second-order valence-electron chi connectivity index (χ2n) is 5.21. The number of hydrogen-bond donors (Lipinski definition) is 1. The minimum absolute atomic E-state index is 0.509. The van der Waals surface area contributed by atoms with Gasteiger partial charge >= 0.3 is 0 Å². The maximum atomic E-state index is 10.5. The molecule has 2 rings (SSSR count). The van der Waals surface area contributed by atoms with Crippen molar-refractivity contribution in [1.29, 1.82) is 0 Å². The Balaban J connectivity index is 2.03. The van der Waals surface area contributed by atoms with Gasteiger partial charge in [0.25, 0.3) is 0 Å². The maximum absolute atomic E-state index is 10.5. The molecule has 0 aliphatic heterocycles. The number of aromatic nitrogens is 2. The van der Waals surface area contributed by atoms with Crippen LogP contribution in [0.5, 0.6) is 0 Å². The number of imidazole rings is 1. The Kier molecular flexibility index (Phi) is 3.33. The summed E-state index contributed by atoms with van der Waals surface area (Å²) in [5, 5.41) is 10.5. The highest BCUT2D eigenvalue weighted by molar-refractivity contribution is 5.00. The zero-order valence-corrected chi connectivity index (χ0v) is 10.3. The molecular formula is C13H22N2O. The average Bonchev–Trinajstić information content (AvgIpc) is 2.70. The Morgan fingerprint density at radius 2 is 2.19 bits per heavy atom. The third-order valence-corrected chi connectivity index (χ3v) is 3.83. The molecule has 3 heteroatoms. The third-order valence-electron chi connectivity index (χ3n) is 3.83. The number of nitrogens with zero attached hydrogens (tertiary/aromatic N) is 2. The van der Waals surface area contributed by atoms with Crippen molar-refractivity contribution in [1.82, 2.24) is 9.55 Å². The summed E-state index contributed by atoms with van der Waals surface area (Å²) in [7, 11) is 0. The van der Waals surface area contributed by atoms with E-state index in [4.69, 9.17) is 0 Å². The SMILES string of the molecule is CCn1ccnc1CC1(O)CCC(C)CC1. The molecule has 0 radical (unpaired) electrons. The van der Waals surface area contributed by atoms with Crippen LogP contribution in [0.4, 0.5) is 0 Å². The zero-order valence-electron chi connectivity index (χ0n) is 10.3. The Labute approximate surface area is 97.5 Å². The van der Waals surface area contributed by atoms with Crippen LogP contribution in [0.25, 0.3) is 0 Å². The summed E-state index contributed by atoms with van der Waals surface area (Å²) in [5.74, 6) is 1.80. The molecule has 0 unspecified atom stereocenters. The van der Waals surface area contributed by atoms with Gasteiger partial charge in [0.15, 0.2) is 0 Å². The van der Waals surface area contributed by atoms with Crippen LogP contribution in [0.2, 0.25) is 0 Å². The highest BCUT2D eigenvalue weighted by Gasteiger charge is 2.33. The molecule has 1 aliphatic carbocycles. The van der Waals surface area contributed by atoms with Gasteiger partial charge in [0.1, 0.15) is 5.82 Å². The molecule has 0 aromatic carbocycles. The lowest BCUT2D eigenvalue weighted by molar-refractivity contribution is -0.00887. The standard InChI is InChI=1S/C13H22N2O/c1-3-15-9-8-14-12(15)10-13(16)6-4-11(2)5-7-13/h8-9,11,16H,3-7,10H2,1-2H3. The first-order chi connectivity index (χ1) is 7.63. The van der Waals surface area contributed by atoms with E-state index in [1.165, 1.54) is 0 Å². The second-order valence-corrected chi connectivity index (χ2v) is 5.21. The molecule has 0 atom stereocenters. The largest absolute Gasteiger partial charge is 0.389 e. The summed E-state index contributed by atoms with van der Waals surface area (Å²) < 4.78 is 2.12. The molecule has 1 N–H and O–H groups in total. The lowest BCUT2D eigenvalue weighted by atomic mass is 9.78. The molecule has 90 valence electrons. The van der Waals surface area contributed by atoms with E-state index in [2.05, 4.69) is 23.4 Å². The van der Waals surface area contributed by atoms with Gasteiger partial charge in [-0.15, -0.1) is 0 Å². The molecule has 16 heavy (non-hydrogen) atoms. The summed E-state index contributed by atoms with van der Waals surface area (Å²) in [6, 6.07) is 0. The summed E-state index contributed by atoms with van der Waals surface area (Å²) in [4.78, 5) is 4.35. The van der Waals surface area contributed by atoms with Gasteiger partial charge < -0.3 is 9.67 Å². The van der Waals surface area contributed by atoms with Crippen molar-refractivity contribution in [3.63, 3.8) is 0 Å². The van der Waals surface area contributed by atoms with Crippen LogP contribution in [-0.2, 0) is 13.0 Å². The van der Waals surface area contributed by atoms with Crippen LogP contribution >= 0.6 is 0 Å². The first-order valence-corrected chi connectivity index (χ1v) is 6.35. The quantitative estimate of drug-likeness (QED) is 0.852. The lowest BCUT2D eigenvalue weighted by Gasteiger charge is -2.34. The van der Waals surface area contributed by atoms with E-state index in [9.17, 15) is 5.11 Å². The van der Waals surface area contributed by atoms with Crippen molar-refractivity contribution in [3.05, 3.63) is 18.2 Å². The van der Waals surface area contributed by atoms with Gasteiger partial charge in [-0.2, -0.15) is 0 Å². The monoisotopic (exact) mass is 222 g/mol. The molecular weight excluding hydrogens is 200 g/mol. The fourth-order valence-corrected chi connectivity index (χ4v) is 2.57. The predicted molar refractivity (Wildman–Crippen MR) is 64.2 cm³/mol. The molecule has 0 spiro atoms. The predicted octanol–water partition coefficient (Wildman–Crippen LogP) is 2.39. The van der Waals surface area contributed by atoms with Crippen molar-refractivity contribution < 1.29 is 5.11 Å². The molecule has 1 heterocycles. The van der Waals surface area contributed by atoms with Crippen molar-refractivity contribution in [3.8, 4) is 0 Å². The zero-order chi connectivity index (χ0) is 11.6. The molecule has 1 aromatic rings. The maximum Gasteiger partial charge on any atom is 0.111 e. The Hall–Kier alpha value is -0.830. The number of hydrogen-bond acceptors (Lipinski definition) is 2. The highest BCUT2D eigenvalue weighted by Crippen LogP contribution is 2.33. The molecule has 3 nitrogen and oxygen atoms in total. The van der Waals surface area contributed by atoms with E-state index in [0.29, 0.717) is 6.42 Å². The fourth-order valence-electron chi connectivity index (χ4n) is 2.57. The molecule has 1 aliphatic rings. The Bertz CT molecular complexity index is 337. The van der Waals surface area contributed by atoms with Crippen molar-refractivity contribution in [2.45, 2.75) is 58.1 Å². The van der Waals surface area contributed by atoms with Crippen LogP contribution in [-0.4, -0.2) is 20.3 Å². The molecule has 0 amide bonds. The van der Waals surface area contributed by atoms with Gasteiger partial charge in [-0.25, -0.2) is 4.98 Å². The highest BCUT2D eigenvalue weighted by atomic mass is 16.3. The van der Waals surface area contributed by atoms with E-state index in [1.807, 2.05) is 12.4 Å².